The van der Waals surface area contributed by atoms with Crippen molar-refractivity contribution in [2.24, 2.45) is 5.73 Å². The number of esters is 2. The van der Waals surface area contributed by atoms with E-state index in [9.17, 15) is 19.0 Å². The monoisotopic (exact) mass is 1200 g/mol. The van der Waals surface area contributed by atoms with Gasteiger partial charge in [-0.3, -0.25) is 18.6 Å². The topological polar surface area (TPSA) is 134 Å². The molecule has 0 amide bonds. The van der Waals surface area contributed by atoms with Crippen LogP contribution in [0.25, 0.3) is 0 Å². The Labute approximate surface area is 522 Å². The van der Waals surface area contributed by atoms with Gasteiger partial charge in [-0.15, -0.1) is 0 Å². The molecular weight excluding hydrogens is 1060 g/mol. The van der Waals surface area contributed by atoms with Gasteiger partial charge in [-0.05, 0) is 51.4 Å². The van der Waals surface area contributed by atoms with Gasteiger partial charge in [0.25, 0.3) is 0 Å². The van der Waals surface area contributed by atoms with Crippen molar-refractivity contribution in [2.75, 3.05) is 26.4 Å². The molecule has 2 unspecified atom stereocenters. The van der Waals surface area contributed by atoms with E-state index < -0.39 is 26.5 Å². The smallest absolute Gasteiger partial charge is 0.462 e. The van der Waals surface area contributed by atoms with Crippen molar-refractivity contribution in [3.8, 4) is 0 Å². The molecule has 0 spiro atoms. The molecule has 0 rings (SSSR count). The summed E-state index contributed by atoms with van der Waals surface area (Å²) in [5, 5.41) is 0. The number of hydrogen-bond acceptors (Lipinski definition) is 8. The number of ether oxygens (including phenoxy) is 2. The van der Waals surface area contributed by atoms with Gasteiger partial charge >= 0.3 is 19.8 Å². The molecule has 0 aromatic heterocycles. The zero-order chi connectivity index (χ0) is 60.9. The third-order valence-electron chi connectivity index (χ3n) is 16.8. The van der Waals surface area contributed by atoms with Gasteiger partial charge in [0.05, 0.1) is 13.2 Å². The summed E-state index contributed by atoms with van der Waals surface area (Å²) in [6.07, 6.45) is 88.3. The normalized spacial score (nSPS) is 13.0. The van der Waals surface area contributed by atoms with Gasteiger partial charge in [0.1, 0.15) is 6.61 Å². The van der Waals surface area contributed by atoms with Crippen LogP contribution in [0.3, 0.4) is 0 Å². The van der Waals surface area contributed by atoms with E-state index in [2.05, 4.69) is 50.3 Å². The fraction of sp³-hybridized carbons (Fsp3) is 0.892. The minimum absolute atomic E-state index is 0.0567. The molecular formula is C74H142NO8P. The van der Waals surface area contributed by atoms with E-state index in [1.54, 1.807) is 0 Å². The van der Waals surface area contributed by atoms with Crippen LogP contribution in [0, 0.1) is 0 Å². The molecule has 0 saturated carbocycles. The molecule has 0 aromatic carbocycles. The third-order valence-corrected chi connectivity index (χ3v) is 17.8. The number of carbonyl (C=O) groups is 2. The number of hydrogen-bond donors (Lipinski definition) is 2. The van der Waals surface area contributed by atoms with E-state index in [1.807, 2.05) is 0 Å². The van der Waals surface area contributed by atoms with Crippen molar-refractivity contribution in [3.05, 3.63) is 36.5 Å². The highest BCUT2D eigenvalue weighted by molar-refractivity contribution is 7.47. The van der Waals surface area contributed by atoms with Crippen LogP contribution >= 0.6 is 7.82 Å². The fourth-order valence-corrected chi connectivity index (χ4v) is 12.1. The molecule has 0 saturated heterocycles. The Kier molecular flexibility index (Phi) is 68.8. The van der Waals surface area contributed by atoms with Crippen LogP contribution in [0.15, 0.2) is 36.5 Å². The van der Waals surface area contributed by atoms with Crippen molar-refractivity contribution in [1.82, 2.24) is 0 Å². The summed E-state index contributed by atoms with van der Waals surface area (Å²) in [6, 6.07) is 0. The van der Waals surface area contributed by atoms with Crippen molar-refractivity contribution < 1.29 is 37.6 Å². The van der Waals surface area contributed by atoms with Gasteiger partial charge in [-0.25, -0.2) is 4.57 Å². The van der Waals surface area contributed by atoms with Gasteiger partial charge in [0, 0.05) is 19.4 Å². The second-order valence-corrected chi connectivity index (χ2v) is 26.6. The number of carbonyl (C=O) groups excluding carboxylic acids is 2. The molecule has 0 aromatic rings. The van der Waals surface area contributed by atoms with Crippen LogP contribution in [0.5, 0.6) is 0 Å². The van der Waals surface area contributed by atoms with Crippen LogP contribution in [0.2, 0.25) is 0 Å². The summed E-state index contributed by atoms with van der Waals surface area (Å²) >= 11 is 0. The Bertz CT molecular complexity index is 1470. The Morgan fingerprint density at radius 3 is 0.917 bits per heavy atom. The summed E-state index contributed by atoms with van der Waals surface area (Å²) in [6.45, 7) is 3.82. The molecule has 10 heteroatoms. The lowest BCUT2D eigenvalue weighted by atomic mass is 10.0. The number of rotatable bonds is 71. The van der Waals surface area contributed by atoms with Crippen molar-refractivity contribution in [1.29, 1.82) is 0 Å². The molecule has 0 radical (unpaired) electrons. The maximum Gasteiger partial charge on any atom is 0.472 e. The molecule has 0 aliphatic carbocycles. The molecule has 0 bridgehead atoms. The van der Waals surface area contributed by atoms with Crippen LogP contribution in [0.1, 0.15) is 393 Å². The van der Waals surface area contributed by atoms with E-state index in [1.165, 1.54) is 315 Å². The van der Waals surface area contributed by atoms with Crippen LogP contribution in [-0.2, 0) is 32.7 Å². The van der Waals surface area contributed by atoms with Crippen LogP contribution < -0.4 is 5.73 Å². The zero-order valence-corrected chi connectivity index (χ0v) is 56.8. The van der Waals surface area contributed by atoms with Crippen LogP contribution in [0.4, 0.5) is 0 Å². The Morgan fingerprint density at radius 2 is 0.619 bits per heavy atom. The molecule has 0 aliphatic rings. The predicted molar refractivity (Wildman–Crippen MR) is 363 cm³/mol. The SMILES string of the molecule is CCCCCCC/C=C\C/C=C\C/C=C\CCCCCCCCCCCCCCCCCCCCCCCCC(=O)OC(COC(=O)CCCCCCCCCCCCCCCCCCCCCCCCCCCC)COP(=O)(O)OCCN. The zero-order valence-electron chi connectivity index (χ0n) is 55.9. The Morgan fingerprint density at radius 1 is 0.357 bits per heavy atom. The predicted octanol–water partition coefficient (Wildman–Crippen LogP) is 24.3. The van der Waals surface area contributed by atoms with Gasteiger partial charge in [-0.1, -0.05) is 365 Å². The van der Waals surface area contributed by atoms with E-state index in [4.69, 9.17) is 24.3 Å². The van der Waals surface area contributed by atoms with Crippen molar-refractivity contribution >= 4 is 19.8 Å². The largest absolute Gasteiger partial charge is 0.472 e. The summed E-state index contributed by atoms with van der Waals surface area (Å²) in [7, 11) is -4.39. The van der Waals surface area contributed by atoms with E-state index in [-0.39, 0.29) is 38.6 Å². The minimum atomic E-state index is -4.39. The fourth-order valence-electron chi connectivity index (χ4n) is 11.3. The van der Waals surface area contributed by atoms with Gasteiger partial charge in [0.15, 0.2) is 6.10 Å². The highest BCUT2D eigenvalue weighted by Crippen LogP contribution is 2.43. The van der Waals surface area contributed by atoms with E-state index in [0.717, 1.165) is 44.9 Å². The summed E-state index contributed by atoms with van der Waals surface area (Å²) < 4.78 is 33.2. The van der Waals surface area contributed by atoms with Crippen molar-refractivity contribution in [2.45, 2.75) is 399 Å². The first kappa shape index (κ1) is 82.2. The molecule has 0 fully saturated rings. The average molecular weight is 1200 g/mol. The van der Waals surface area contributed by atoms with E-state index in [0.29, 0.717) is 6.42 Å². The Balaban J connectivity index is 3.78. The lowest BCUT2D eigenvalue weighted by Crippen LogP contribution is -2.29. The summed E-state index contributed by atoms with van der Waals surface area (Å²) in [5.74, 6) is -0.802. The lowest BCUT2D eigenvalue weighted by molar-refractivity contribution is -0.161. The average Bonchev–Trinajstić information content (AvgIpc) is 3.58. The highest BCUT2D eigenvalue weighted by atomic mass is 31.2. The van der Waals surface area contributed by atoms with Gasteiger partial charge < -0.3 is 20.1 Å². The van der Waals surface area contributed by atoms with Crippen LogP contribution in [-0.4, -0.2) is 49.3 Å². The third kappa shape index (κ3) is 69.3. The number of phosphoric acid groups is 1. The summed E-state index contributed by atoms with van der Waals surface area (Å²) in [5.41, 5.74) is 5.41. The Hall–Kier alpha value is -1.77. The number of phosphoric ester groups is 1. The minimum Gasteiger partial charge on any atom is -0.462 e. The first-order valence-corrected chi connectivity index (χ1v) is 38.5. The second-order valence-electron chi connectivity index (χ2n) is 25.2. The van der Waals surface area contributed by atoms with E-state index >= 15 is 0 Å². The molecule has 0 heterocycles. The molecule has 9 nitrogen and oxygen atoms in total. The quantitative estimate of drug-likeness (QED) is 0.0264. The first-order chi connectivity index (χ1) is 41.3. The number of unbranched alkanes of at least 4 members (excludes halogenated alkanes) is 52. The standard InChI is InChI=1S/C74H142NO8P/c1-3-5-7-9-11-13-15-17-19-21-23-25-27-29-31-32-33-34-35-36-37-38-39-40-41-43-45-47-49-51-53-55-57-59-61-63-65-67-74(77)83-72(71-82-84(78,79)81-69-68-75)70-80-73(76)66-64-62-60-58-56-54-52-50-48-46-44-42-30-28-26-24-22-20-18-16-14-12-10-8-6-4-2/h15,17,21,23,27,29,72H,3-14,16,18-20,22,24-26,28,30-71,75H2,1-2H3,(H,78,79)/b17-15-,23-21-,29-27-. The maximum atomic E-state index is 12.8. The molecule has 0 aliphatic heterocycles. The first-order valence-electron chi connectivity index (χ1n) is 37.0. The molecule has 3 N–H and O–H groups in total. The van der Waals surface area contributed by atoms with Crippen molar-refractivity contribution in [3.63, 3.8) is 0 Å². The number of nitrogens with two attached hydrogens (primary N) is 1. The number of allylic oxidation sites excluding steroid dienone is 6. The molecule has 496 valence electrons. The van der Waals surface area contributed by atoms with Gasteiger partial charge in [0.2, 0.25) is 0 Å². The highest BCUT2D eigenvalue weighted by Gasteiger charge is 2.26. The lowest BCUT2D eigenvalue weighted by Gasteiger charge is -2.19. The molecule has 2 atom stereocenters. The summed E-state index contributed by atoms with van der Waals surface area (Å²) in [4.78, 5) is 35.4. The maximum absolute atomic E-state index is 12.8. The molecule has 84 heavy (non-hydrogen) atoms. The van der Waals surface area contributed by atoms with Gasteiger partial charge in [-0.2, -0.15) is 0 Å². The second kappa shape index (κ2) is 70.3.